The molecule has 0 bridgehead atoms. The Morgan fingerprint density at radius 3 is 2.50 bits per heavy atom. The van der Waals surface area contributed by atoms with E-state index in [1.54, 1.807) is 18.2 Å². The van der Waals surface area contributed by atoms with Gasteiger partial charge in [0.1, 0.15) is 0 Å². The maximum absolute atomic E-state index is 9.18. The first-order chi connectivity index (χ1) is 8.54. The predicted octanol–water partition coefficient (Wildman–Crippen LogP) is 3.78. The molecule has 2 rings (SSSR count). The van der Waals surface area contributed by atoms with Crippen molar-refractivity contribution in [3.63, 3.8) is 0 Å². The van der Waals surface area contributed by atoms with Gasteiger partial charge in [0.05, 0.1) is 39.3 Å². The van der Waals surface area contributed by atoms with Crippen LogP contribution in [0.1, 0.15) is 5.56 Å². The molecule has 0 saturated heterocycles. The van der Waals surface area contributed by atoms with Crippen molar-refractivity contribution >= 4 is 40.5 Å². The van der Waals surface area contributed by atoms with Gasteiger partial charge in [-0.25, -0.2) is 0 Å². The molecule has 94 valence electrons. The SMILES string of the molecule is Nc1cnc(-c2c(Cl)ccc(Cl)c2Cl)cc1CO. The fourth-order valence-electron chi connectivity index (χ4n) is 1.54. The Morgan fingerprint density at radius 2 is 1.83 bits per heavy atom. The Morgan fingerprint density at radius 1 is 1.17 bits per heavy atom. The van der Waals surface area contributed by atoms with Crippen molar-refractivity contribution in [1.82, 2.24) is 4.98 Å². The molecule has 0 unspecified atom stereocenters. The molecule has 0 saturated carbocycles. The van der Waals surface area contributed by atoms with Gasteiger partial charge < -0.3 is 10.8 Å². The normalized spacial score (nSPS) is 10.7. The Hall–Kier alpha value is -1.00. The molecule has 1 aromatic carbocycles. The number of nitrogen functional groups attached to an aromatic ring is 1. The highest BCUT2D eigenvalue weighted by Gasteiger charge is 2.14. The Bertz CT molecular complexity index is 602. The lowest BCUT2D eigenvalue weighted by Gasteiger charge is -2.10. The molecular formula is C12H9Cl3N2O. The van der Waals surface area contributed by atoms with Gasteiger partial charge in [0, 0.05) is 11.1 Å². The predicted molar refractivity (Wildman–Crippen MR) is 75.0 cm³/mol. The van der Waals surface area contributed by atoms with Crippen molar-refractivity contribution in [2.75, 3.05) is 5.73 Å². The number of halogens is 3. The monoisotopic (exact) mass is 302 g/mol. The van der Waals surface area contributed by atoms with Crippen molar-refractivity contribution in [1.29, 1.82) is 0 Å². The molecule has 0 atom stereocenters. The van der Waals surface area contributed by atoms with Gasteiger partial charge in [-0.2, -0.15) is 0 Å². The summed E-state index contributed by atoms with van der Waals surface area (Å²) < 4.78 is 0. The molecule has 0 aliphatic rings. The number of nitrogens with zero attached hydrogens (tertiary/aromatic N) is 1. The lowest BCUT2D eigenvalue weighted by molar-refractivity contribution is 0.282. The number of anilines is 1. The minimum Gasteiger partial charge on any atom is -0.397 e. The van der Waals surface area contributed by atoms with Gasteiger partial charge in [0.25, 0.3) is 0 Å². The summed E-state index contributed by atoms with van der Waals surface area (Å²) in [6.45, 7) is -0.183. The smallest absolute Gasteiger partial charge is 0.0737 e. The van der Waals surface area contributed by atoms with E-state index < -0.39 is 0 Å². The summed E-state index contributed by atoms with van der Waals surface area (Å²) in [7, 11) is 0. The number of aliphatic hydroxyl groups is 1. The van der Waals surface area contributed by atoms with Crippen LogP contribution in [-0.2, 0) is 6.61 Å². The Balaban J connectivity index is 2.65. The average Bonchev–Trinajstić information content (AvgIpc) is 2.36. The number of benzene rings is 1. The maximum Gasteiger partial charge on any atom is 0.0737 e. The van der Waals surface area contributed by atoms with Crippen LogP contribution in [-0.4, -0.2) is 10.1 Å². The van der Waals surface area contributed by atoms with E-state index in [9.17, 15) is 5.11 Å². The Labute approximate surface area is 119 Å². The number of pyridine rings is 1. The largest absolute Gasteiger partial charge is 0.397 e. The van der Waals surface area contributed by atoms with E-state index >= 15 is 0 Å². The van der Waals surface area contributed by atoms with Gasteiger partial charge in [0.15, 0.2) is 0 Å². The summed E-state index contributed by atoms with van der Waals surface area (Å²) in [6, 6.07) is 4.89. The molecule has 0 aliphatic heterocycles. The van der Waals surface area contributed by atoms with Gasteiger partial charge in [-0.05, 0) is 18.2 Å². The second-order valence-electron chi connectivity index (χ2n) is 3.64. The number of hydrogen-bond donors (Lipinski definition) is 2. The van der Waals surface area contributed by atoms with Gasteiger partial charge in [-0.1, -0.05) is 34.8 Å². The van der Waals surface area contributed by atoms with E-state index in [0.717, 1.165) is 0 Å². The van der Waals surface area contributed by atoms with Crippen LogP contribution in [0.15, 0.2) is 24.4 Å². The van der Waals surface area contributed by atoms with Crippen molar-refractivity contribution in [3.05, 3.63) is 45.0 Å². The number of aromatic nitrogens is 1. The quantitative estimate of drug-likeness (QED) is 0.830. The number of nitrogens with two attached hydrogens (primary N) is 1. The minimum absolute atomic E-state index is 0.183. The standard InChI is InChI=1S/C12H9Cl3N2O/c13-7-1-2-8(14)12(15)11(7)10-3-6(5-18)9(16)4-17-10/h1-4,18H,5,16H2. The van der Waals surface area contributed by atoms with Crippen LogP contribution in [0.25, 0.3) is 11.3 Å². The molecule has 0 fully saturated rings. The molecule has 0 radical (unpaired) electrons. The van der Waals surface area contributed by atoms with Crippen LogP contribution >= 0.6 is 34.8 Å². The van der Waals surface area contributed by atoms with Crippen molar-refractivity contribution in [2.45, 2.75) is 6.61 Å². The lowest BCUT2D eigenvalue weighted by atomic mass is 10.1. The second-order valence-corrected chi connectivity index (χ2v) is 4.84. The third-order valence-corrected chi connectivity index (χ3v) is 3.61. The number of aliphatic hydroxyl groups excluding tert-OH is 1. The number of rotatable bonds is 2. The molecule has 18 heavy (non-hydrogen) atoms. The van der Waals surface area contributed by atoms with E-state index in [1.807, 2.05) is 0 Å². The molecule has 1 aromatic heterocycles. The summed E-state index contributed by atoms with van der Waals surface area (Å²) >= 11 is 18.2. The first kappa shape index (κ1) is 13.4. The van der Waals surface area contributed by atoms with Crippen LogP contribution in [0.4, 0.5) is 5.69 Å². The fourth-order valence-corrected chi connectivity index (χ4v) is 2.26. The summed E-state index contributed by atoms with van der Waals surface area (Å²) in [5.74, 6) is 0. The topological polar surface area (TPSA) is 59.1 Å². The highest BCUT2D eigenvalue weighted by Crippen LogP contribution is 2.38. The highest BCUT2D eigenvalue weighted by atomic mass is 35.5. The van der Waals surface area contributed by atoms with E-state index in [4.69, 9.17) is 40.5 Å². The zero-order valence-corrected chi connectivity index (χ0v) is 11.4. The summed E-state index contributed by atoms with van der Waals surface area (Å²) in [4.78, 5) is 4.16. The van der Waals surface area contributed by atoms with Gasteiger partial charge >= 0.3 is 0 Å². The first-order valence-electron chi connectivity index (χ1n) is 5.03. The van der Waals surface area contributed by atoms with Crippen LogP contribution < -0.4 is 5.73 Å². The van der Waals surface area contributed by atoms with E-state index in [-0.39, 0.29) is 6.61 Å². The maximum atomic E-state index is 9.18. The molecule has 0 amide bonds. The minimum atomic E-state index is -0.183. The van der Waals surface area contributed by atoms with Crippen LogP contribution in [0.5, 0.6) is 0 Å². The van der Waals surface area contributed by atoms with Crippen molar-refractivity contribution in [3.8, 4) is 11.3 Å². The molecule has 2 aromatic rings. The molecule has 0 spiro atoms. The summed E-state index contributed by atoms with van der Waals surface area (Å²) in [6.07, 6.45) is 1.45. The molecule has 0 aliphatic carbocycles. The number of hydrogen-bond acceptors (Lipinski definition) is 3. The molecule has 6 heteroatoms. The van der Waals surface area contributed by atoms with Crippen LogP contribution in [0, 0.1) is 0 Å². The first-order valence-corrected chi connectivity index (χ1v) is 6.17. The Kier molecular flexibility index (Phi) is 3.97. The zero-order chi connectivity index (χ0) is 13.3. The van der Waals surface area contributed by atoms with Gasteiger partial charge in [-0.3, -0.25) is 4.98 Å². The molecule has 1 heterocycles. The van der Waals surface area contributed by atoms with E-state index in [0.29, 0.717) is 37.6 Å². The molecule has 3 N–H and O–H groups in total. The lowest BCUT2D eigenvalue weighted by Crippen LogP contribution is -1.97. The van der Waals surface area contributed by atoms with Crippen molar-refractivity contribution < 1.29 is 5.11 Å². The van der Waals surface area contributed by atoms with Gasteiger partial charge in [-0.15, -0.1) is 0 Å². The van der Waals surface area contributed by atoms with E-state index in [2.05, 4.69) is 4.98 Å². The van der Waals surface area contributed by atoms with Crippen molar-refractivity contribution in [2.24, 2.45) is 0 Å². The molecular weight excluding hydrogens is 295 g/mol. The van der Waals surface area contributed by atoms with Gasteiger partial charge in [0.2, 0.25) is 0 Å². The third kappa shape index (κ3) is 2.40. The fraction of sp³-hybridized carbons (Fsp3) is 0.0833. The molecule has 3 nitrogen and oxygen atoms in total. The highest BCUT2D eigenvalue weighted by molar-refractivity contribution is 6.46. The van der Waals surface area contributed by atoms with Crippen LogP contribution in [0.3, 0.4) is 0 Å². The summed E-state index contributed by atoms with van der Waals surface area (Å²) in [5, 5.41) is 10.3. The van der Waals surface area contributed by atoms with E-state index in [1.165, 1.54) is 6.20 Å². The average molecular weight is 304 g/mol. The summed E-state index contributed by atoms with van der Waals surface area (Å²) in [5.41, 5.74) is 7.69. The second kappa shape index (κ2) is 5.33. The zero-order valence-electron chi connectivity index (χ0n) is 9.12. The third-order valence-electron chi connectivity index (χ3n) is 2.49. The van der Waals surface area contributed by atoms with Crippen LogP contribution in [0.2, 0.25) is 15.1 Å².